The summed E-state index contributed by atoms with van der Waals surface area (Å²) in [4.78, 5) is 113. The van der Waals surface area contributed by atoms with E-state index in [1.54, 1.807) is 75.8 Å². The number of oxazole rings is 1. The van der Waals surface area contributed by atoms with E-state index in [2.05, 4.69) is 40.4 Å². The van der Waals surface area contributed by atoms with Crippen molar-refractivity contribution in [2.24, 2.45) is 35.3 Å². The Labute approximate surface area is 776 Å². The number of piperidine rings is 1. The number of hydrogen-bond acceptors (Lipinski definition) is 33. The van der Waals surface area contributed by atoms with E-state index in [0.717, 1.165) is 51.3 Å². The van der Waals surface area contributed by atoms with E-state index in [1.807, 2.05) is 86.8 Å². The Hall–Kier alpha value is -10.1. The molecule has 4 fully saturated rings. The lowest BCUT2D eigenvalue weighted by Crippen LogP contribution is -2.61. The van der Waals surface area contributed by atoms with E-state index in [1.165, 1.54) is 13.4 Å². The lowest BCUT2D eigenvalue weighted by molar-refractivity contribution is -0.265. The second-order valence-electron chi connectivity index (χ2n) is 35.8. The van der Waals surface area contributed by atoms with Gasteiger partial charge in [-0.3, -0.25) is 28.9 Å². The van der Waals surface area contributed by atoms with Gasteiger partial charge in [0.15, 0.2) is 17.0 Å². The summed E-state index contributed by atoms with van der Waals surface area (Å²) in [6.07, 6.45) is 18.7. The van der Waals surface area contributed by atoms with Gasteiger partial charge >= 0.3 is 5.97 Å². The number of amides is 2. The van der Waals surface area contributed by atoms with Crippen molar-refractivity contribution in [3.63, 3.8) is 0 Å². The summed E-state index contributed by atoms with van der Waals surface area (Å²) < 4.78 is 68.6. The first kappa shape index (κ1) is 102. The SMILES string of the molecule is COC1C[C@@H]2CC[C@@H](C)[C@@](O)(O2)C(=O)C(=O)N2CCCC[C@H]2C(=O)OC([C@H](N)CC2CCC(OCc3cccc(-c4cnc(N5CCN(Cc6cn(CCOCCOCCOCCOCCC(=O)NCCCCn7nc(-c8ccc9oc(N)nc9c8)c8c(N)ncnc87)nn6)C(CO)C5)nc4)c3)[C@H](OC)C2)CC(=O)C(C)/C=C(\C)C(O)[C@@H](OC)C(=O)C(C)CC(C)/C=C/C=C/C=C/1C. The number of aliphatic hydroxyl groups excluding tert-OH is 2. The minimum atomic E-state index is -2.50. The van der Waals surface area contributed by atoms with E-state index in [0.29, 0.717) is 195 Å². The number of carbonyl (C=O) groups excluding carboxylic acids is 6. The molecule has 12 rings (SSSR count). The summed E-state index contributed by atoms with van der Waals surface area (Å²) in [7, 11) is 4.58. The fraction of sp³-hybridized carbons (Fsp3) is 0.604. The van der Waals surface area contributed by atoms with Gasteiger partial charge in [0, 0.05) is 140 Å². The van der Waals surface area contributed by atoms with Crippen molar-refractivity contribution in [3.8, 4) is 22.4 Å². The Morgan fingerprint density at radius 3 is 2.29 bits per heavy atom. The average molecular weight is 1850 g/mol. The summed E-state index contributed by atoms with van der Waals surface area (Å²) in [5.74, 6) is -7.68. The molecule has 3 saturated heterocycles. The number of nitrogens with zero attached hydrogens (tertiary/aromatic N) is 13. The molecule has 16 atom stereocenters. The Morgan fingerprint density at radius 2 is 1.53 bits per heavy atom. The fourth-order valence-corrected chi connectivity index (χ4v) is 18.2. The highest BCUT2D eigenvalue weighted by Gasteiger charge is 2.53. The number of allylic oxidation sites excluding steroid dienone is 6. The number of Topliss-reactive ketones (excluding diaryl/α,β-unsaturated/α-hetero) is 3. The summed E-state index contributed by atoms with van der Waals surface area (Å²) in [6.45, 7) is 17.6. The summed E-state index contributed by atoms with van der Waals surface area (Å²) in [5.41, 5.74) is 27.0. The van der Waals surface area contributed by atoms with Crippen LogP contribution in [0.1, 0.15) is 149 Å². The van der Waals surface area contributed by atoms with Crippen LogP contribution < -0.4 is 27.4 Å². The molecule has 10 N–H and O–H groups in total. The third kappa shape index (κ3) is 27.8. The molecular weight excluding hydrogens is 1710 g/mol. The van der Waals surface area contributed by atoms with Crippen molar-refractivity contribution in [2.45, 2.75) is 231 Å². The molecule has 2 aromatic carbocycles. The normalized spacial score (nSPS) is 27.2. The van der Waals surface area contributed by atoms with Crippen LogP contribution in [0.15, 0.2) is 119 Å². The van der Waals surface area contributed by atoms with Crippen molar-refractivity contribution >= 4 is 75.0 Å². The lowest BCUT2D eigenvalue weighted by atomic mass is 9.80. The standard InChI is InChI=1S/C96H135N17O20/c1-60-18-11-10-12-19-61(2)80(123-7)50-73-26-23-65(6)96(122,133-73)89(119)92(120)112-31-15-13-22-76(112)93(121)131-81(51-77(115)62(3)45-64(5)87(118)88(125-9)86(117)63(4)44-60)74(97)47-66-24-27-79(82(48-66)124-8)130-58-67-20-17-21-68(46-67)70-52-101-95(102-53-70)110-34-33-109(72(56-110)57-114)54-71-55-111(108-106-71)35-37-127-39-41-129-43-42-128-40-38-126-36-29-83(116)100-30-14-16-32-113-91-84(90(98)103-59-104-91)85(107-113)69-25-28-78-75(49-69)105-94(99)132-78/h10-12,17-21,25,28,45-46,49,52-53,55,59-60,62-63,65-66,72-74,76,79-82,87-88,114,118,122H,13-16,22-24,26-27,29-44,47-48,50-51,54,56-58,97H2,1-9H3,(H2,99,105)(H,100,116)(H2,98,103,104)/b12-10+,18-11+,61-19+,64-45+/t60?,62?,63?,65-,66?,72?,73+,74-,76+,79?,80?,81?,82-,87?,88+,96-/m1/s1. The van der Waals surface area contributed by atoms with E-state index in [4.69, 9.17) is 84.1 Å². The lowest BCUT2D eigenvalue weighted by Gasteiger charge is -2.42. The number of anilines is 3. The first-order chi connectivity index (χ1) is 64.2. The van der Waals surface area contributed by atoms with E-state index in [-0.39, 0.29) is 106 Å². The second-order valence-corrected chi connectivity index (χ2v) is 35.8. The zero-order valence-corrected chi connectivity index (χ0v) is 78.1. The average Bonchev–Trinajstić information content (AvgIpc) is 1.52. The number of fused-ring (bicyclic) bond motifs is 5. The van der Waals surface area contributed by atoms with Crippen LogP contribution in [0.25, 0.3) is 44.5 Å². The van der Waals surface area contributed by atoms with Crippen molar-refractivity contribution in [1.82, 2.24) is 64.8 Å². The zero-order chi connectivity index (χ0) is 94.7. The molecular formula is C96H135N17O20. The topological polar surface area (TPSA) is 481 Å². The fourth-order valence-electron chi connectivity index (χ4n) is 18.2. The number of cyclic esters (lactones) is 1. The third-order valence-corrected chi connectivity index (χ3v) is 26.0. The molecule has 2 amide bonds. The molecule has 4 aliphatic heterocycles. The van der Waals surface area contributed by atoms with Crippen LogP contribution in [-0.2, 0) is 102 Å². The van der Waals surface area contributed by atoms with Gasteiger partial charge in [-0.05, 0) is 149 Å². The highest BCUT2D eigenvalue weighted by molar-refractivity contribution is 6.39. The van der Waals surface area contributed by atoms with Gasteiger partial charge in [-0.15, -0.1) is 5.10 Å². The number of unbranched alkanes of at least 4 members (excludes halogenated alkanes) is 1. The molecule has 9 heterocycles. The van der Waals surface area contributed by atoms with Crippen LogP contribution in [-0.4, -0.2) is 290 Å². The number of carbonyl (C=O) groups is 6. The van der Waals surface area contributed by atoms with Gasteiger partial charge in [-0.2, -0.15) is 10.1 Å². The van der Waals surface area contributed by atoms with Crippen LogP contribution in [0.4, 0.5) is 17.8 Å². The monoisotopic (exact) mass is 1850 g/mol. The summed E-state index contributed by atoms with van der Waals surface area (Å²) in [6, 6.07) is 11.2. The number of aliphatic hydroxyl groups is 3. The minimum Gasteiger partial charge on any atom is -0.459 e. The Balaban J connectivity index is 0.550. The number of esters is 1. The molecule has 1 aliphatic carbocycles. The number of nitrogens with one attached hydrogen (secondary N) is 1. The van der Waals surface area contributed by atoms with Crippen molar-refractivity contribution in [1.29, 1.82) is 0 Å². The van der Waals surface area contributed by atoms with Gasteiger partial charge in [-0.1, -0.05) is 87.6 Å². The molecule has 0 radical (unpaired) electrons. The maximum Gasteiger partial charge on any atom is 0.329 e. The zero-order valence-electron chi connectivity index (χ0n) is 78.1. The minimum absolute atomic E-state index is 0.0234. The van der Waals surface area contributed by atoms with E-state index < -0.39 is 83.8 Å². The van der Waals surface area contributed by atoms with E-state index >= 15 is 0 Å². The quantitative estimate of drug-likeness (QED) is 0.00856. The number of methoxy groups -OCH3 is 3. The largest absolute Gasteiger partial charge is 0.459 e. The van der Waals surface area contributed by atoms with Gasteiger partial charge in [0.2, 0.25) is 17.6 Å². The highest BCUT2D eigenvalue weighted by Crippen LogP contribution is 2.40. The molecule has 7 aromatic rings. The van der Waals surface area contributed by atoms with Crippen molar-refractivity contribution < 1.29 is 95.9 Å². The first-order valence-electron chi connectivity index (χ1n) is 46.7. The van der Waals surface area contributed by atoms with Crippen molar-refractivity contribution in [3.05, 3.63) is 126 Å². The third-order valence-electron chi connectivity index (χ3n) is 26.0. The molecule has 1 saturated carbocycles. The molecule has 133 heavy (non-hydrogen) atoms. The molecule has 9 unspecified atom stereocenters. The Kier molecular flexibility index (Phi) is 38.2. The molecule has 724 valence electrons. The van der Waals surface area contributed by atoms with Crippen LogP contribution in [0.3, 0.4) is 0 Å². The van der Waals surface area contributed by atoms with Crippen LogP contribution >= 0.6 is 0 Å². The number of nitrogen functional groups attached to an aromatic ring is 2. The molecule has 37 nitrogen and oxygen atoms in total. The molecule has 2 bridgehead atoms. The van der Waals surface area contributed by atoms with Gasteiger partial charge < -0.3 is 99.4 Å². The van der Waals surface area contributed by atoms with E-state index in [9.17, 15) is 44.1 Å². The molecule has 5 aliphatic rings. The number of benzene rings is 2. The number of hydrogen-bond donors (Lipinski definition) is 7. The summed E-state index contributed by atoms with van der Waals surface area (Å²) in [5, 5.41) is 51.7. The molecule has 37 heteroatoms. The Morgan fingerprint density at radius 1 is 0.767 bits per heavy atom. The second kappa shape index (κ2) is 49.9. The number of ether oxygens (including phenoxy) is 10. The van der Waals surface area contributed by atoms with Gasteiger partial charge in [0.1, 0.15) is 53.5 Å². The maximum atomic E-state index is 14.8. The first-order valence-corrected chi connectivity index (χ1v) is 46.7. The smallest absolute Gasteiger partial charge is 0.329 e. The number of rotatable bonds is 35. The predicted molar refractivity (Wildman–Crippen MR) is 495 cm³/mol. The van der Waals surface area contributed by atoms with Crippen LogP contribution in [0, 0.1) is 29.6 Å². The van der Waals surface area contributed by atoms with Crippen LogP contribution in [0.2, 0.25) is 0 Å². The van der Waals surface area contributed by atoms with Gasteiger partial charge in [0.05, 0.1) is 114 Å². The molecule has 0 spiro atoms. The van der Waals surface area contributed by atoms with Crippen molar-refractivity contribution in [2.75, 3.05) is 130 Å². The number of aryl methyl sites for hydroxylation is 1. The number of ketones is 3. The predicted octanol–water partition coefficient (Wildman–Crippen LogP) is 7.99. The van der Waals surface area contributed by atoms with Gasteiger partial charge in [-0.25, -0.2) is 34.1 Å². The molecule has 5 aromatic heterocycles. The summed E-state index contributed by atoms with van der Waals surface area (Å²) >= 11 is 0. The number of piperazine rings is 1. The Bertz CT molecular complexity index is 5100. The number of aromatic nitrogens is 10. The number of nitrogens with two attached hydrogens (primary N) is 3. The van der Waals surface area contributed by atoms with Crippen LogP contribution in [0.5, 0.6) is 0 Å². The van der Waals surface area contributed by atoms with Gasteiger partial charge in [0.25, 0.3) is 17.7 Å². The maximum absolute atomic E-state index is 14.8. The highest BCUT2D eigenvalue weighted by atomic mass is 16.6.